The van der Waals surface area contributed by atoms with Crippen LogP contribution < -0.4 is 0 Å². The molecule has 0 aromatic heterocycles. The first-order valence-electron chi connectivity index (χ1n) is 7.09. The van der Waals surface area contributed by atoms with Gasteiger partial charge in [0.2, 0.25) is 0 Å². The highest BCUT2D eigenvalue weighted by Gasteiger charge is 2.39. The average molecular weight is 264 g/mol. The normalized spacial score (nSPS) is 31.8. The van der Waals surface area contributed by atoms with Gasteiger partial charge in [-0.3, -0.25) is 4.90 Å². The van der Waals surface area contributed by atoms with Gasteiger partial charge in [-0.1, -0.05) is 29.3 Å². The Morgan fingerprint density at radius 3 is 2.17 bits per heavy atom. The van der Waals surface area contributed by atoms with E-state index in [0.717, 1.165) is 18.6 Å². The molecule has 2 heteroatoms. The van der Waals surface area contributed by atoms with Gasteiger partial charge < -0.3 is 0 Å². The van der Waals surface area contributed by atoms with Crippen LogP contribution in [0.25, 0.3) is 0 Å². The van der Waals surface area contributed by atoms with Crippen LogP contribution >= 0.6 is 11.6 Å². The second kappa shape index (κ2) is 4.86. The highest BCUT2D eigenvalue weighted by Crippen LogP contribution is 2.38. The minimum absolute atomic E-state index is 0.415. The van der Waals surface area contributed by atoms with Crippen molar-refractivity contribution in [1.82, 2.24) is 4.90 Å². The standard InChI is InChI=1S/C16H22ClN/c1-11-5-12(2)7-13(6-11)10-18-15-3-4-16(18)9-14(17)8-15/h5-7,14-16H,3-4,8-10H2,1-2H3. The van der Waals surface area contributed by atoms with Crippen LogP contribution in [0.4, 0.5) is 0 Å². The number of fused-ring (bicyclic) bond motifs is 2. The van der Waals surface area contributed by atoms with Crippen molar-refractivity contribution in [3.8, 4) is 0 Å². The number of aryl methyl sites for hydroxylation is 2. The van der Waals surface area contributed by atoms with Gasteiger partial charge in [0.15, 0.2) is 0 Å². The van der Waals surface area contributed by atoms with Crippen LogP contribution in [-0.4, -0.2) is 22.4 Å². The van der Waals surface area contributed by atoms with Gasteiger partial charge in [0, 0.05) is 24.0 Å². The molecule has 2 bridgehead atoms. The lowest BCUT2D eigenvalue weighted by Crippen LogP contribution is -2.42. The summed E-state index contributed by atoms with van der Waals surface area (Å²) in [6.07, 6.45) is 5.06. The van der Waals surface area contributed by atoms with E-state index < -0.39 is 0 Å². The van der Waals surface area contributed by atoms with Crippen LogP contribution in [0, 0.1) is 13.8 Å². The van der Waals surface area contributed by atoms with Crippen LogP contribution in [0.5, 0.6) is 0 Å². The van der Waals surface area contributed by atoms with Crippen molar-refractivity contribution in [3.63, 3.8) is 0 Å². The Bertz CT molecular complexity index is 408. The van der Waals surface area contributed by atoms with Crippen LogP contribution in [0.15, 0.2) is 18.2 Å². The summed E-state index contributed by atoms with van der Waals surface area (Å²) in [5, 5.41) is 0.415. The van der Waals surface area contributed by atoms with Crippen molar-refractivity contribution < 1.29 is 0 Å². The molecular weight excluding hydrogens is 242 g/mol. The zero-order valence-electron chi connectivity index (χ0n) is 11.3. The molecule has 2 heterocycles. The number of alkyl halides is 1. The topological polar surface area (TPSA) is 3.24 Å². The Hall–Kier alpha value is -0.530. The van der Waals surface area contributed by atoms with E-state index in [1.54, 1.807) is 0 Å². The maximum Gasteiger partial charge on any atom is 0.0365 e. The van der Waals surface area contributed by atoms with Gasteiger partial charge in [-0.15, -0.1) is 11.6 Å². The van der Waals surface area contributed by atoms with Gasteiger partial charge in [0.05, 0.1) is 0 Å². The Balaban J connectivity index is 1.77. The monoisotopic (exact) mass is 263 g/mol. The summed E-state index contributed by atoms with van der Waals surface area (Å²) in [7, 11) is 0. The van der Waals surface area contributed by atoms with Gasteiger partial charge in [-0.2, -0.15) is 0 Å². The first-order valence-corrected chi connectivity index (χ1v) is 7.52. The quantitative estimate of drug-likeness (QED) is 0.728. The summed E-state index contributed by atoms with van der Waals surface area (Å²) >= 11 is 6.34. The summed E-state index contributed by atoms with van der Waals surface area (Å²) in [5.41, 5.74) is 4.23. The molecule has 1 nitrogen and oxygen atoms in total. The van der Waals surface area contributed by atoms with Gasteiger partial charge in [0.25, 0.3) is 0 Å². The van der Waals surface area contributed by atoms with Crippen LogP contribution in [0.2, 0.25) is 0 Å². The summed E-state index contributed by atoms with van der Waals surface area (Å²) < 4.78 is 0. The van der Waals surface area contributed by atoms with Crippen molar-refractivity contribution in [1.29, 1.82) is 0 Å². The molecule has 1 aromatic rings. The molecule has 3 rings (SSSR count). The zero-order chi connectivity index (χ0) is 12.7. The number of rotatable bonds is 2. The third kappa shape index (κ3) is 2.44. The third-order valence-electron chi connectivity index (χ3n) is 4.47. The minimum Gasteiger partial charge on any atom is -0.293 e. The molecule has 0 saturated carbocycles. The zero-order valence-corrected chi connectivity index (χ0v) is 12.1. The van der Waals surface area contributed by atoms with Crippen LogP contribution in [0.3, 0.4) is 0 Å². The second-order valence-corrected chi connectivity index (χ2v) is 6.74. The first-order chi connectivity index (χ1) is 8.61. The Morgan fingerprint density at radius 1 is 1.06 bits per heavy atom. The summed E-state index contributed by atoms with van der Waals surface area (Å²) in [6, 6.07) is 8.38. The summed E-state index contributed by atoms with van der Waals surface area (Å²) in [5.74, 6) is 0. The summed E-state index contributed by atoms with van der Waals surface area (Å²) in [4.78, 5) is 2.70. The number of piperidine rings is 1. The molecule has 2 saturated heterocycles. The van der Waals surface area contributed by atoms with Gasteiger partial charge >= 0.3 is 0 Å². The summed E-state index contributed by atoms with van der Waals surface area (Å²) in [6.45, 7) is 5.49. The van der Waals surface area contributed by atoms with Crippen LogP contribution in [0.1, 0.15) is 42.4 Å². The molecule has 2 atom stereocenters. The predicted molar refractivity (Wildman–Crippen MR) is 77.1 cm³/mol. The van der Waals surface area contributed by atoms with E-state index in [2.05, 4.69) is 36.9 Å². The molecule has 18 heavy (non-hydrogen) atoms. The Labute approximate surface area is 115 Å². The van der Waals surface area contributed by atoms with E-state index in [1.165, 1.54) is 42.4 Å². The minimum atomic E-state index is 0.415. The van der Waals surface area contributed by atoms with Gasteiger partial charge in [-0.25, -0.2) is 0 Å². The van der Waals surface area contributed by atoms with Gasteiger partial charge in [0.1, 0.15) is 0 Å². The molecule has 0 N–H and O–H groups in total. The number of hydrogen-bond donors (Lipinski definition) is 0. The molecule has 2 aliphatic heterocycles. The van der Waals surface area contributed by atoms with E-state index in [9.17, 15) is 0 Å². The second-order valence-electron chi connectivity index (χ2n) is 6.12. The number of hydrogen-bond acceptors (Lipinski definition) is 1. The highest BCUT2D eigenvalue weighted by molar-refractivity contribution is 6.20. The molecule has 2 fully saturated rings. The third-order valence-corrected chi connectivity index (χ3v) is 4.83. The molecule has 0 radical (unpaired) electrons. The fraction of sp³-hybridized carbons (Fsp3) is 0.625. The van der Waals surface area contributed by atoms with E-state index in [1.807, 2.05) is 0 Å². The highest BCUT2D eigenvalue weighted by atomic mass is 35.5. The van der Waals surface area contributed by atoms with E-state index in [-0.39, 0.29) is 0 Å². The lowest BCUT2D eigenvalue weighted by Gasteiger charge is -2.37. The predicted octanol–water partition coefficient (Wildman–Crippen LogP) is 4.04. The average Bonchev–Trinajstić information content (AvgIpc) is 2.53. The Kier molecular flexibility index (Phi) is 3.38. The van der Waals surface area contributed by atoms with Crippen molar-refractivity contribution in [3.05, 3.63) is 34.9 Å². The molecule has 98 valence electrons. The molecule has 0 spiro atoms. The first kappa shape index (κ1) is 12.5. The smallest absolute Gasteiger partial charge is 0.0365 e. The SMILES string of the molecule is Cc1cc(C)cc(CN2C3CCC2CC(Cl)C3)c1. The lowest BCUT2D eigenvalue weighted by molar-refractivity contribution is 0.134. The maximum absolute atomic E-state index is 6.34. The van der Waals surface area contributed by atoms with Crippen molar-refractivity contribution in [2.45, 2.75) is 63.5 Å². The number of halogens is 1. The molecule has 0 aliphatic carbocycles. The number of nitrogens with zero attached hydrogens (tertiary/aromatic N) is 1. The molecule has 0 amide bonds. The lowest BCUT2D eigenvalue weighted by atomic mass is 10.00. The van der Waals surface area contributed by atoms with E-state index in [4.69, 9.17) is 11.6 Å². The van der Waals surface area contributed by atoms with Crippen molar-refractivity contribution in [2.24, 2.45) is 0 Å². The van der Waals surface area contributed by atoms with E-state index >= 15 is 0 Å². The van der Waals surface area contributed by atoms with Gasteiger partial charge in [-0.05, 0) is 45.1 Å². The molecule has 2 unspecified atom stereocenters. The fourth-order valence-corrected chi connectivity index (χ4v) is 4.25. The fourth-order valence-electron chi connectivity index (χ4n) is 3.84. The molecule has 2 aliphatic rings. The largest absolute Gasteiger partial charge is 0.293 e. The maximum atomic E-state index is 6.34. The molecule has 1 aromatic carbocycles. The van der Waals surface area contributed by atoms with Crippen LogP contribution in [-0.2, 0) is 6.54 Å². The van der Waals surface area contributed by atoms with Crippen molar-refractivity contribution in [2.75, 3.05) is 0 Å². The Morgan fingerprint density at radius 2 is 1.61 bits per heavy atom. The van der Waals surface area contributed by atoms with Crippen molar-refractivity contribution >= 4 is 11.6 Å². The number of benzene rings is 1. The molecular formula is C16H22ClN. The van der Waals surface area contributed by atoms with E-state index in [0.29, 0.717) is 5.38 Å².